The van der Waals surface area contributed by atoms with Gasteiger partial charge >= 0.3 is 0 Å². The lowest BCUT2D eigenvalue weighted by molar-refractivity contribution is -0.141. The van der Waals surface area contributed by atoms with E-state index in [1.807, 2.05) is 6.08 Å². The Morgan fingerprint density at radius 3 is 2.69 bits per heavy atom. The van der Waals surface area contributed by atoms with E-state index in [9.17, 15) is 18.8 Å². The molecule has 8 atom stereocenters. The van der Waals surface area contributed by atoms with Crippen LogP contribution in [0, 0.1) is 29.5 Å². The molecule has 2 bridgehead atoms. The van der Waals surface area contributed by atoms with Gasteiger partial charge < -0.3 is 25.2 Å². The predicted molar refractivity (Wildman–Crippen MR) is 160 cm³/mol. The molecule has 1 aromatic rings. The van der Waals surface area contributed by atoms with E-state index in [1.54, 1.807) is 11.0 Å². The second-order valence-corrected chi connectivity index (χ2v) is 13.2. The first-order valence-electron chi connectivity index (χ1n) is 15.5. The van der Waals surface area contributed by atoms with Gasteiger partial charge in [0.05, 0.1) is 23.0 Å². The Morgan fingerprint density at radius 1 is 1.19 bits per heavy atom. The van der Waals surface area contributed by atoms with Crippen molar-refractivity contribution in [1.29, 1.82) is 0 Å². The molecule has 0 radical (unpaired) electrons. The van der Waals surface area contributed by atoms with Gasteiger partial charge in [-0.15, -0.1) is 0 Å². The van der Waals surface area contributed by atoms with Crippen LogP contribution in [0.15, 0.2) is 30.4 Å². The quantitative estimate of drug-likeness (QED) is 0.361. The molecular formula is C32H44ClFN4O4. The van der Waals surface area contributed by atoms with Crippen LogP contribution in [0.3, 0.4) is 0 Å². The van der Waals surface area contributed by atoms with Gasteiger partial charge in [-0.05, 0) is 69.4 Å². The first-order chi connectivity index (χ1) is 20.1. The summed E-state index contributed by atoms with van der Waals surface area (Å²) in [6.45, 7) is 8.72. The van der Waals surface area contributed by atoms with Crippen molar-refractivity contribution in [2.45, 2.75) is 83.1 Å². The molecule has 4 aliphatic rings. The SMILES string of the molecule is CCCCN(C)CCCN1C(=O)[C@@H]2[C@H](C(=O)Nc3ccc(F)c(Cl)c3)[C@@H]3C=C[C@@]2(O3)[C@@H]1C(=O)N[C@@H]1CCC[C@H](C)[C@H]1C. The predicted octanol–water partition coefficient (Wildman–Crippen LogP) is 4.63. The number of carbonyl (C=O) groups is 3. The van der Waals surface area contributed by atoms with E-state index in [1.165, 1.54) is 18.2 Å². The van der Waals surface area contributed by atoms with E-state index >= 15 is 0 Å². The smallest absolute Gasteiger partial charge is 0.246 e. The number of fused-ring (bicyclic) bond motifs is 1. The zero-order valence-corrected chi connectivity index (χ0v) is 25.8. The maximum atomic E-state index is 14.2. The first kappa shape index (κ1) is 31.0. The van der Waals surface area contributed by atoms with Crippen LogP contribution in [0.25, 0.3) is 0 Å². The molecule has 3 fully saturated rings. The fraction of sp³-hybridized carbons (Fsp3) is 0.656. The third-order valence-electron chi connectivity index (χ3n) is 9.98. The van der Waals surface area contributed by atoms with E-state index in [0.717, 1.165) is 45.2 Å². The summed E-state index contributed by atoms with van der Waals surface area (Å²) in [6, 6.07) is 3.12. The summed E-state index contributed by atoms with van der Waals surface area (Å²) >= 11 is 5.93. The van der Waals surface area contributed by atoms with Crippen molar-refractivity contribution in [2.75, 3.05) is 32.0 Å². The summed E-state index contributed by atoms with van der Waals surface area (Å²) in [5, 5.41) is 5.99. The van der Waals surface area contributed by atoms with Gasteiger partial charge in [0.2, 0.25) is 17.7 Å². The Kier molecular flexibility index (Phi) is 9.30. The summed E-state index contributed by atoms with van der Waals surface area (Å²) in [4.78, 5) is 45.9. The van der Waals surface area contributed by atoms with E-state index in [4.69, 9.17) is 16.3 Å². The first-order valence-corrected chi connectivity index (χ1v) is 15.9. The highest BCUT2D eigenvalue weighted by atomic mass is 35.5. The standard InChI is InChI=1S/C32H44ClFN4O4/c1-5-6-15-37(4)16-8-17-38-28(30(40)36-24-10-7-9-19(2)20(24)3)32-14-13-25(42-32)26(27(32)31(38)41)29(39)35-21-11-12-23(34)22(33)18-21/h11-14,18-20,24-28H,5-10,15-17H2,1-4H3,(H,35,39)(H,36,40)/t19-,20+,24+,25-,26+,27-,28-,32-/m0/s1. The largest absolute Gasteiger partial charge is 0.359 e. The summed E-state index contributed by atoms with van der Waals surface area (Å²) in [5.41, 5.74) is -0.884. The van der Waals surface area contributed by atoms with E-state index in [-0.39, 0.29) is 22.9 Å². The van der Waals surface area contributed by atoms with Crippen LogP contribution in [-0.4, -0.2) is 78.0 Å². The van der Waals surface area contributed by atoms with Gasteiger partial charge in [0.1, 0.15) is 17.5 Å². The maximum Gasteiger partial charge on any atom is 0.246 e. The van der Waals surface area contributed by atoms with Crippen molar-refractivity contribution in [3.8, 4) is 0 Å². The lowest BCUT2D eigenvalue weighted by Gasteiger charge is -2.38. The second kappa shape index (κ2) is 12.6. The number of nitrogens with one attached hydrogen (secondary N) is 2. The number of rotatable bonds is 11. The Bertz CT molecular complexity index is 1230. The molecule has 1 saturated carbocycles. The van der Waals surface area contributed by atoms with Crippen molar-refractivity contribution in [2.24, 2.45) is 23.7 Å². The van der Waals surface area contributed by atoms with E-state index in [2.05, 4.69) is 43.4 Å². The Labute approximate surface area is 253 Å². The number of halogens is 2. The number of unbranched alkanes of at least 4 members (excludes halogenated alkanes) is 1. The number of carbonyl (C=O) groups excluding carboxylic acids is 3. The zero-order chi connectivity index (χ0) is 30.2. The zero-order valence-electron chi connectivity index (χ0n) is 25.1. The number of nitrogens with zero attached hydrogens (tertiary/aromatic N) is 2. The van der Waals surface area contributed by atoms with Gasteiger partial charge in [-0.25, -0.2) is 4.39 Å². The lowest BCUT2D eigenvalue weighted by Crippen LogP contribution is -2.58. The van der Waals surface area contributed by atoms with Gasteiger partial charge in [0.25, 0.3) is 0 Å². The normalized spacial score (nSPS) is 33.4. The third-order valence-corrected chi connectivity index (χ3v) is 10.3. The fourth-order valence-electron chi connectivity index (χ4n) is 7.41. The van der Waals surface area contributed by atoms with Crippen molar-refractivity contribution < 1.29 is 23.5 Å². The number of benzene rings is 1. The van der Waals surface area contributed by atoms with Gasteiger partial charge in [-0.2, -0.15) is 0 Å². The van der Waals surface area contributed by atoms with Crippen LogP contribution in [-0.2, 0) is 19.1 Å². The molecule has 2 saturated heterocycles. The van der Waals surface area contributed by atoms with Crippen LogP contribution in [0.2, 0.25) is 5.02 Å². The molecule has 3 amide bonds. The van der Waals surface area contributed by atoms with Gasteiger partial charge in [0.15, 0.2) is 0 Å². The molecule has 1 aromatic carbocycles. The van der Waals surface area contributed by atoms with Gasteiger partial charge in [0, 0.05) is 18.3 Å². The third kappa shape index (κ3) is 5.72. The molecule has 2 N–H and O–H groups in total. The maximum absolute atomic E-state index is 14.2. The molecule has 0 aromatic heterocycles. The Hall–Kier alpha value is -2.49. The molecule has 1 spiro atoms. The average Bonchev–Trinajstić information content (AvgIpc) is 3.59. The Morgan fingerprint density at radius 2 is 1.95 bits per heavy atom. The van der Waals surface area contributed by atoms with Gasteiger partial charge in [-0.3, -0.25) is 14.4 Å². The number of likely N-dealkylation sites (tertiary alicyclic amines) is 1. The average molecular weight is 603 g/mol. The molecule has 10 heteroatoms. The molecular weight excluding hydrogens is 559 g/mol. The van der Waals surface area contributed by atoms with E-state index in [0.29, 0.717) is 30.5 Å². The van der Waals surface area contributed by atoms with Crippen LogP contribution in [0.5, 0.6) is 0 Å². The number of hydrogen-bond donors (Lipinski definition) is 2. The van der Waals surface area contributed by atoms with Crippen molar-refractivity contribution in [3.05, 3.63) is 41.2 Å². The molecule has 0 unspecified atom stereocenters. The molecule has 3 aliphatic heterocycles. The van der Waals surface area contributed by atoms with Crippen molar-refractivity contribution >= 4 is 35.0 Å². The number of ether oxygens (including phenoxy) is 1. The van der Waals surface area contributed by atoms with Gasteiger partial charge in [-0.1, -0.05) is 63.8 Å². The number of anilines is 1. The van der Waals surface area contributed by atoms with Crippen LogP contribution >= 0.6 is 11.6 Å². The molecule has 8 nitrogen and oxygen atoms in total. The Balaban J connectivity index is 1.39. The highest BCUT2D eigenvalue weighted by Gasteiger charge is 2.72. The van der Waals surface area contributed by atoms with Crippen LogP contribution in [0.1, 0.15) is 59.3 Å². The summed E-state index contributed by atoms with van der Waals surface area (Å²) in [7, 11) is 2.07. The molecule has 5 rings (SSSR count). The molecule has 42 heavy (non-hydrogen) atoms. The lowest BCUT2D eigenvalue weighted by atomic mass is 9.73. The number of amides is 3. The molecule has 1 aliphatic carbocycles. The summed E-state index contributed by atoms with van der Waals surface area (Å²) in [5.74, 6) is -2.28. The highest BCUT2D eigenvalue weighted by molar-refractivity contribution is 6.31. The second-order valence-electron chi connectivity index (χ2n) is 12.7. The monoisotopic (exact) mass is 602 g/mol. The van der Waals surface area contributed by atoms with Crippen LogP contribution < -0.4 is 10.6 Å². The van der Waals surface area contributed by atoms with Crippen molar-refractivity contribution in [3.63, 3.8) is 0 Å². The highest BCUT2D eigenvalue weighted by Crippen LogP contribution is 2.55. The summed E-state index contributed by atoms with van der Waals surface area (Å²) in [6.07, 6.45) is 9.01. The minimum absolute atomic E-state index is 0.0266. The minimum atomic E-state index is -1.22. The van der Waals surface area contributed by atoms with Crippen molar-refractivity contribution in [1.82, 2.24) is 15.1 Å². The summed E-state index contributed by atoms with van der Waals surface area (Å²) < 4.78 is 20.2. The minimum Gasteiger partial charge on any atom is -0.359 e. The molecule has 230 valence electrons. The fourth-order valence-corrected chi connectivity index (χ4v) is 7.59. The molecule has 3 heterocycles. The van der Waals surface area contributed by atoms with E-state index < -0.39 is 41.3 Å². The topological polar surface area (TPSA) is 91.0 Å². The number of hydrogen-bond acceptors (Lipinski definition) is 5. The van der Waals surface area contributed by atoms with Crippen LogP contribution in [0.4, 0.5) is 10.1 Å².